The van der Waals surface area contributed by atoms with E-state index in [1.807, 2.05) is 54.3 Å². The highest BCUT2D eigenvalue weighted by Crippen LogP contribution is 2.51. The first kappa shape index (κ1) is 22.0. The standard InChI is InChI=1S/C27H28FN3OS/c1-18-22(5-4-6-24(18)28)20-9-12-25-23(15-20)27(13-2-3-14-27)17-31(25)26(32)30-16-19-7-10-21(33-29)11-8-19/h4-12,15H,2-3,13-14,16-17,29H2,1H3,(H,30,32). The predicted octanol–water partition coefficient (Wildman–Crippen LogP) is 6.31. The van der Waals surface area contributed by atoms with Gasteiger partial charge in [-0.05, 0) is 89.9 Å². The van der Waals surface area contributed by atoms with Crippen LogP contribution in [0.2, 0.25) is 0 Å². The second-order valence-electron chi connectivity index (χ2n) is 9.14. The topological polar surface area (TPSA) is 58.4 Å². The Hall–Kier alpha value is -2.83. The molecular weight excluding hydrogens is 433 g/mol. The first-order valence-corrected chi connectivity index (χ1v) is 12.3. The molecule has 5 rings (SSSR count). The molecule has 4 nitrogen and oxygen atoms in total. The number of fused-ring (bicyclic) bond motifs is 2. The molecule has 1 spiro atoms. The molecule has 1 aliphatic carbocycles. The first-order valence-electron chi connectivity index (χ1n) is 11.4. The van der Waals surface area contributed by atoms with Crippen LogP contribution in [-0.2, 0) is 12.0 Å². The summed E-state index contributed by atoms with van der Waals surface area (Å²) in [6.07, 6.45) is 4.49. The van der Waals surface area contributed by atoms with Crippen molar-refractivity contribution in [3.63, 3.8) is 0 Å². The van der Waals surface area contributed by atoms with E-state index in [1.54, 1.807) is 6.07 Å². The lowest BCUT2D eigenvalue weighted by Crippen LogP contribution is -2.41. The molecule has 1 saturated carbocycles. The zero-order valence-corrected chi connectivity index (χ0v) is 19.6. The minimum absolute atomic E-state index is 0.0100. The highest BCUT2D eigenvalue weighted by molar-refractivity contribution is 7.97. The third kappa shape index (κ3) is 4.02. The molecule has 0 aromatic heterocycles. The lowest BCUT2D eigenvalue weighted by atomic mass is 9.79. The summed E-state index contributed by atoms with van der Waals surface area (Å²) < 4.78 is 14.2. The molecule has 0 atom stereocenters. The fraction of sp³-hybridized carbons (Fsp3) is 0.296. The maximum absolute atomic E-state index is 14.2. The Morgan fingerprint density at radius 3 is 2.61 bits per heavy atom. The van der Waals surface area contributed by atoms with Crippen LogP contribution in [0.5, 0.6) is 0 Å². The predicted molar refractivity (Wildman–Crippen MR) is 133 cm³/mol. The number of anilines is 1. The summed E-state index contributed by atoms with van der Waals surface area (Å²) in [7, 11) is 0. The molecule has 1 fully saturated rings. The number of nitrogens with two attached hydrogens (primary N) is 1. The summed E-state index contributed by atoms with van der Waals surface area (Å²) in [6.45, 7) is 2.98. The van der Waals surface area contributed by atoms with E-state index in [0.717, 1.165) is 40.1 Å². The maximum atomic E-state index is 14.2. The van der Waals surface area contributed by atoms with Gasteiger partial charge in [0.2, 0.25) is 0 Å². The molecule has 0 saturated heterocycles. The van der Waals surface area contributed by atoms with Crippen LogP contribution in [0.1, 0.15) is 42.4 Å². The Balaban J connectivity index is 1.43. The van der Waals surface area contributed by atoms with Gasteiger partial charge in [-0.15, -0.1) is 0 Å². The van der Waals surface area contributed by atoms with E-state index in [2.05, 4.69) is 11.4 Å². The van der Waals surface area contributed by atoms with Crippen molar-refractivity contribution in [3.8, 4) is 11.1 Å². The van der Waals surface area contributed by atoms with Gasteiger partial charge in [-0.3, -0.25) is 10.0 Å². The molecule has 2 aliphatic rings. The van der Waals surface area contributed by atoms with Gasteiger partial charge in [0.15, 0.2) is 0 Å². The average Bonchev–Trinajstić information content (AvgIpc) is 3.45. The van der Waals surface area contributed by atoms with Crippen LogP contribution in [-0.4, -0.2) is 12.6 Å². The summed E-state index contributed by atoms with van der Waals surface area (Å²) in [5, 5.41) is 8.68. The molecule has 3 N–H and O–H groups in total. The molecule has 3 aromatic carbocycles. The molecule has 170 valence electrons. The van der Waals surface area contributed by atoms with E-state index in [-0.39, 0.29) is 17.3 Å². The average molecular weight is 462 g/mol. The van der Waals surface area contributed by atoms with Gasteiger partial charge in [-0.1, -0.05) is 43.2 Å². The Labute approximate surface area is 198 Å². The van der Waals surface area contributed by atoms with Gasteiger partial charge < -0.3 is 5.32 Å². The SMILES string of the molecule is Cc1c(F)cccc1-c1ccc2c(c1)C1(CCCC1)CN2C(=O)NCc1ccc(SN)cc1. The minimum Gasteiger partial charge on any atom is -0.334 e. The fourth-order valence-corrected chi connectivity index (χ4v) is 5.67. The van der Waals surface area contributed by atoms with Crippen molar-refractivity contribution in [2.45, 2.75) is 49.5 Å². The van der Waals surface area contributed by atoms with Gasteiger partial charge >= 0.3 is 6.03 Å². The number of hydrogen-bond acceptors (Lipinski definition) is 3. The van der Waals surface area contributed by atoms with Crippen LogP contribution >= 0.6 is 11.9 Å². The smallest absolute Gasteiger partial charge is 0.322 e. The summed E-state index contributed by atoms with van der Waals surface area (Å²) in [4.78, 5) is 16.1. The number of halogens is 1. The molecule has 3 aromatic rings. The zero-order valence-electron chi connectivity index (χ0n) is 18.7. The second-order valence-corrected chi connectivity index (χ2v) is 9.85. The number of benzene rings is 3. The van der Waals surface area contributed by atoms with E-state index < -0.39 is 0 Å². The Bertz CT molecular complexity index is 1190. The normalized spacial score (nSPS) is 16.3. The molecular formula is C27H28FN3OS. The third-order valence-corrected chi connectivity index (χ3v) is 7.75. The lowest BCUT2D eigenvalue weighted by molar-refractivity contribution is 0.245. The Morgan fingerprint density at radius 1 is 1.12 bits per heavy atom. The molecule has 1 aliphatic heterocycles. The zero-order chi connectivity index (χ0) is 23.0. The minimum atomic E-state index is -0.192. The number of urea groups is 1. The van der Waals surface area contributed by atoms with Gasteiger partial charge in [-0.25, -0.2) is 9.18 Å². The number of nitrogens with zero attached hydrogens (tertiary/aromatic N) is 1. The van der Waals surface area contributed by atoms with E-state index >= 15 is 0 Å². The van der Waals surface area contributed by atoms with Crippen molar-refractivity contribution in [1.82, 2.24) is 5.32 Å². The van der Waals surface area contributed by atoms with Crippen LogP contribution in [0.3, 0.4) is 0 Å². The molecule has 0 bridgehead atoms. The van der Waals surface area contributed by atoms with Crippen LogP contribution in [0.4, 0.5) is 14.9 Å². The quantitative estimate of drug-likeness (QED) is 0.448. The van der Waals surface area contributed by atoms with Crippen LogP contribution in [0.25, 0.3) is 11.1 Å². The lowest BCUT2D eigenvalue weighted by Gasteiger charge is -2.25. The van der Waals surface area contributed by atoms with Crippen molar-refractivity contribution in [2.24, 2.45) is 5.14 Å². The van der Waals surface area contributed by atoms with E-state index in [0.29, 0.717) is 18.7 Å². The molecule has 33 heavy (non-hydrogen) atoms. The molecule has 0 unspecified atom stereocenters. The van der Waals surface area contributed by atoms with Gasteiger partial charge in [0.05, 0.1) is 0 Å². The monoisotopic (exact) mass is 461 g/mol. The highest BCUT2D eigenvalue weighted by Gasteiger charge is 2.46. The van der Waals surface area contributed by atoms with Gasteiger partial charge in [0.25, 0.3) is 0 Å². The van der Waals surface area contributed by atoms with E-state index in [4.69, 9.17) is 5.14 Å². The summed E-state index contributed by atoms with van der Waals surface area (Å²) >= 11 is 1.21. The largest absolute Gasteiger partial charge is 0.334 e. The van der Waals surface area contributed by atoms with Gasteiger partial charge in [0, 0.05) is 29.1 Å². The van der Waals surface area contributed by atoms with Crippen molar-refractivity contribution >= 4 is 23.7 Å². The first-order chi connectivity index (χ1) is 16.0. The van der Waals surface area contributed by atoms with Crippen LogP contribution in [0, 0.1) is 12.7 Å². The molecule has 1 heterocycles. The number of carbonyl (C=O) groups is 1. The number of amides is 2. The number of carbonyl (C=O) groups excluding carboxylic acids is 1. The third-order valence-electron chi connectivity index (χ3n) is 7.21. The van der Waals surface area contributed by atoms with Crippen molar-refractivity contribution in [1.29, 1.82) is 0 Å². The van der Waals surface area contributed by atoms with Crippen LogP contribution in [0.15, 0.2) is 65.6 Å². The number of nitrogens with one attached hydrogen (secondary N) is 1. The van der Waals surface area contributed by atoms with Crippen molar-refractivity contribution < 1.29 is 9.18 Å². The Morgan fingerprint density at radius 2 is 1.88 bits per heavy atom. The van der Waals surface area contributed by atoms with E-state index in [9.17, 15) is 9.18 Å². The summed E-state index contributed by atoms with van der Waals surface area (Å²) in [5.41, 5.74) is 5.80. The van der Waals surface area contributed by atoms with Crippen molar-refractivity contribution in [2.75, 3.05) is 11.4 Å². The molecule has 6 heteroatoms. The highest BCUT2D eigenvalue weighted by atomic mass is 32.2. The van der Waals surface area contributed by atoms with Gasteiger partial charge in [0.1, 0.15) is 5.82 Å². The molecule has 0 radical (unpaired) electrons. The number of rotatable bonds is 4. The van der Waals surface area contributed by atoms with Gasteiger partial charge in [-0.2, -0.15) is 0 Å². The maximum Gasteiger partial charge on any atom is 0.322 e. The van der Waals surface area contributed by atoms with Crippen molar-refractivity contribution in [3.05, 3.63) is 83.2 Å². The number of hydrogen-bond donors (Lipinski definition) is 2. The summed E-state index contributed by atoms with van der Waals surface area (Å²) in [5.74, 6) is -0.192. The van der Waals surface area contributed by atoms with Crippen LogP contribution < -0.4 is 15.4 Å². The molecule has 2 amide bonds. The Kier molecular flexibility index (Phi) is 5.89. The summed E-state index contributed by atoms with van der Waals surface area (Å²) in [6, 6.07) is 19.3. The second kappa shape index (κ2) is 8.84. The fourth-order valence-electron chi connectivity index (χ4n) is 5.38. The van der Waals surface area contributed by atoms with E-state index in [1.165, 1.54) is 36.4 Å².